The molecule has 3 aromatic heterocycles. The number of anilines is 1. The fourth-order valence-corrected chi connectivity index (χ4v) is 8.85. The van der Waals surface area contributed by atoms with E-state index in [1.54, 1.807) is 12.4 Å². The van der Waals surface area contributed by atoms with E-state index < -0.39 is 27.6 Å². The molecule has 12 heteroatoms. The minimum Gasteiger partial charge on any atom is -0.494 e. The second-order valence-corrected chi connectivity index (χ2v) is 28.7. The number of ether oxygens (including phenoxy) is 3. The Bertz CT molecular complexity index is 1610. The van der Waals surface area contributed by atoms with Gasteiger partial charge in [0.15, 0.2) is 5.65 Å². The summed E-state index contributed by atoms with van der Waals surface area (Å²) >= 11 is 0. The van der Waals surface area contributed by atoms with Crippen LogP contribution in [0.25, 0.3) is 22.5 Å². The number of rotatable bonds is 17. The first kappa shape index (κ1) is 38.6. The van der Waals surface area contributed by atoms with Crippen LogP contribution in [-0.2, 0) is 19.8 Å². The normalized spacial score (nSPS) is 19.7. The summed E-state index contributed by atoms with van der Waals surface area (Å²) in [6, 6.07) is 3.51. The highest BCUT2D eigenvalue weighted by Gasteiger charge is 2.38. The van der Waals surface area contributed by atoms with Gasteiger partial charge in [0.2, 0.25) is 0 Å². The van der Waals surface area contributed by atoms with Gasteiger partial charge in [0, 0.05) is 52.6 Å². The Morgan fingerprint density at radius 1 is 1.00 bits per heavy atom. The summed E-state index contributed by atoms with van der Waals surface area (Å²) in [6.07, 6.45) is 9.25. The molecular formula is C38H60FN5O4Si2. The van der Waals surface area contributed by atoms with Crippen molar-refractivity contribution in [1.82, 2.24) is 19.6 Å². The van der Waals surface area contributed by atoms with Crippen molar-refractivity contribution in [2.45, 2.75) is 116 Å². The molecule has 2 saturated carbocycles. The smallest absolute Gasteiger partial charge is 0.165 e. The first-order valence-electron chi connectivity index (χ1n) is 18.5. The molecule has 0 saturated heterocycles. The average molecular weight is 726 g/mol. The van der Waals surface area contributed by atoms with Crippen LogP contribution in [0.1, 0.15) is 75.7 Å². The molecule has 2 aliphatic rings. The van der Waals surface area contributed by atoms with E-state index in [2.05, 4.69) is 55.7 Å². The molecule has 276 valence electrons. The van der Waals surface area contributed by atoms with Crippen molar-refractivity contribution in [1.29, 1.82) is 0 Å². The lowest BCUT2D eigenvalue weighted by Gasteiger charge is -2.33. The molecule has 3 aromatic rings. The highest BCUT2D eigenvalue weighted by molar-refractivity contribution is 6.76. The maximum atomic E-state index is 15.4. The lowest BCUT2D eigenvalue weighted by atomic mass is 9.78. The summed E-state index contributed by atoms with van der Waals surface area (Å²) < 4.78 is 36.3. The number of fused-ring (bicyclic) bond motifs is 3. The molecule has 2 fully saturated rings. The van der Waals surface area contributed by atoms with Crippen molar-refractivity contribution in [2.24, 2.45) is 11.8 Å². The highest BCUT2D eigenvalue weighted by Crippen LogP contribution is 2.50. The van der Waals surface area contributed by atoms with Gasteiger partial charge in [0.05, 0.1) is 24.1 Å². The first-order valence-corrected chi connectivity index (χ1v) is 25.9. The molecule has 0 aromatic carbocycles. The van der Waals surface area contributed by atoms with Crippen LogP contribution in [0, 0.1) is 17.7 Å². The molecule has 2 aliphatic carbocycles. The van der Waals surface area contributed by atoms with Crippen molar-refractivity contribution in [3.63, 3.8) is 0 Å². The third-order valence-corrected chi connectivity index (χ3v) is 13.4. The topological polar surface area (TPSA) is 94.2 Å². The zero-order valence-electron chi connectivity index (χ0n) is 31.9. The Labute approximate surface area is 300 Å². The molecule has 0 amide bonds. The Morgan fingerprint density at radius 3 is 2.12 bits per heavy atom. The second-order valence-electron chi connectivity index (χ2n) is 17.4. The highest BCUT2D eigenvalue weighted by atomic mass is 28.3. The Kier molecular flexibility index (Phi) is 12.0. The molecule has 3 heterocycles. The molecule has 0 aliphatic heterocycles. The third kappa shape index (κ3) is 9.41. The van der Waals surface area contributed by atoms with Gasteiger partial charge in [0.1, 0.15) is 42.2 Å². The Morgan fingerprint density at radius 2 is 1.60 bits per heavy atom. The zero-order chi connectivity index (χ0) is 36.4. The summed E-state index contributed by atoms with van der Waals surface area (Å²) in [5.41, 5.74) is 2.17. The number of aromatic nitrogens is 4. The number of nitrogens with zero attached hydrogens (tertiary/aromatic N) is 5. The van der Waals surface area contributed by atoms with Crippen LogP contribution in [0.3, 0.4) is 0 Å². The zero-order valence-corrected chi connectivity index (χ0v) is 33.9. The fourth-order valence-electron chi connectivity index (χ4n) is 7.33. The number of halogens is 1. The van der Waals surface area contributed by atoms with Crippen LogP contribution < -0.4 is 4.90 Å². The minimum atomic E-state index is -1.41. The van der Waals surface area contributed by atoms with Gasteiger partial charge in [0.25, 0.3) is 0 Å². The summed E-state index contributed by atoms with van der Waals surface area (Å²) in [6.45, 7) is 26.0. The van der Waals surface area contributed by atoms with Crippen molar-refractivity contribution in [2.75, 3.05) is 38.2 Å². The molecule has 0 spiro atoms. The SMILES string of the molecule is C=C(OCC)c1c([C@H]2C[C@@H]3CC[C@@H](C3)C2)nc2c(-c3cnc(C(C)(C)O)c(F)c3)cnn2c1N(COCC[Si](C)(C)C)COCC[Si](C)(C)C. The molecule has 0 radical (unpaired) electrons. The number of hydrogen-bond donors (Lipinski definition) is 1. The molecule has 50 heavy (non-hydrogen) atoms. The summed E-state index contributed by atoms with van der Waals surface area (Å²) in [5.74, 6) is 2.31. The number of aliphatic hydroxyl groups is 1. The maximum absolute atomic E-state index is 15.4. The molecule has 0 unspecified atom stereocenters. The Balaban J connectivity index is 1.69. The van der Waals surface area contributed by atoms with Gasteiger partial charge in [-0.25, -0.2) is 9.37 Å². The summed E-state index contributed by atoms with van der Waals surface area (Å²) in [4.78, 5) is 11.9. The van der Waals surface area contributed by atoms with Crippen LogP contribution in [-0.4, -0.2) is 74.1 Å². The van der Waals surface area contributed by atoms with Crippen LogP contribution in [0.15, 0.2) is 25.0 Å². The number of pyridine rings is 1. The molecule has 9 nitrogen and oxygen atoms in total. The van der Waals surface area contributed by atoms with E-state index in [1.165, 1.54) is 39.2 Å². The van der Waals surface area contributed by atoms with E-state index in [9.17, 15) is 5.11 Å². The van der Waals surface area contributed by atoms with E-state index in [0.29, 0.717) is 67.7 Å². The maximum Gasteiger partial charge on any atom is 0.165 e. The summed E-state index contributed by atoms with van der Waals surface area (Å²) in [5, 5.41) is 15.4. The van der Waals surface area contributed by atoms with E-state index in [0.717, 1.165) is 42.0 Å². The van der Waals surface area contributed by atoms with Crippen LogP contribution in [0.2, 0.25) is 51.4 Å². The monoisotopic (exact) mass is 725 g/mol. The van der Waals surface area contributed by atoms with Crippen molar-refractivity contribution in [3.8, 4) is 11.1 Å². The lowest BCUT2D eigenvalue weighted by molar-refractivity contribution is 0.0695. The molecular weight excluding hydrogens is 666 g/mol. The Hall–Kier alpha value is -2.65. The first-order chi connectivity index (χ1) is 23.4. The van der Waals surface area contributed by atoms with Gasteiger partial charge >= 0.3 is 0 Å². The molecule has 5 rings (SSSR count). The van der Waals surface area contributed by atoms with E-state index in [-0.39, 0.29) is 11.6 Å². The van der Waals surface area contributed by atoms with Crippen LogP contribution in [0.5, 0.6) is 0 Å². The van der Waals surface area contributed by atoms with Gasteiger partial charge in [-0.3, -0.25) is 4.98 Å². The minimum absolute atomic E-state index is 0.00264. The average Bonchev–Trinajstić information content (AvgIpc) is 3.59. The van der Waals surface area contributed by atoms with Crippen molar-refractivity contribution < 1.29 is 23.7 Å². The molecule has 1 N–H and O–H groups in total. The molecule has 3 atom stereocenters. The van der Waals surface area contributed by atoms with Crippen LogP contribution >= 0.6 is 0 Å². The largest absolute Gasteiger partial charge is 0.494 e. The van der Waals surface area contributed by atoms with Gasteiger partial charge < -0.3 is 24.2 Å². The van der Waals surface area contributed by atoms with Crippen LogP contribution in [0.4, 0.5) is 10.2 Å². The standard InChI is InChI=1S/C38H60FN5O4Si2/c1-11-48-26(2)33-34(29-19-27-12-13-28(18-27)20-29)42-36-31(30-21-32(39)35(40-22-30)38(3,4)45)23-41-44(36)37(33)43(24-46-14-16-49(5,6)7)25-47-15-17-50(8,9)10/h21-23,27-29,45H,2,11-20,24-25H2,1,3-10H3/t27-,28+,29+. The third-order valence-electron chi connectivity index (χ3n) is 10.0. The fraction of sp³-hybridized carbons (Fsp3) is 0.658. The van der Waals surface area contributed by atoms with Gasteiger partial charge in [-0.2, -0.15) is 9.61 Å². The predicted octanol–water partition coefficient (Wildman–Crippen LogP) is 8.89. The van der Waals surface area contributed by atoms with E-state index in [1.807, 2.05) is 11.4 Å². The van der Waals surface area contributed by atoms with E-state index >= 15 is 4.39 Å². The second kappa shape index (κ2) is 15.5. The van der Waals surface area contributed by atoms with Gasteiger partial charge in [-0.1, -0.05) is 58.7 Å². The lowest BCUT2D eigenvalue weighted by Crippen LogP contribution is -2.34. The van der Waals surface area contributed by atoms with E-state index in [4.69, 9.17) is 24.3 Å². The van der Waals surface area contributed by atoms with Gasteiger partial charge in [-0.15, -0.1) is 0 Å². The molecule has 2 bridgehead atoms. The van der Waals surface area contributed by atoms with Gasteiger partial charge in [-0.05, 0) is 70.0 Å². The van der Waals surface area contributed by atoms with Crippen molar-refractivity contribution >= 4 is 33.4 Å². The summed E-state index contributed by atoms with van der Waals surface area (Å²) in [7, 11) is -2.64. The quantitative estimate of drug-likeness (QED) is 0.0639. The predicted molar refractivity (Wildman–Crippen MR) is 205 cm³/mol. The van der Waals surface area contributed by atoms with Crippen molar-refractivity contribution in [3.05, 3.63) is 47.8 Å². The number of hydrogen-bond acceptors (Lipinski definition) is 8.